The van der Waals surface area contributed by atoms with E-state index in [0.717, 1.165) is 17.2 Å². The second-order valence-electron chi connectivity index (χ2n) is 5.91. The third kappa shape index (κ3) is 4.18. The van der Waals surface area contributed by atoms with Gasteiger partial charge in [-0.2, -0.15) is 4.98 Å². The molecule has 1 heterocycles. The van der Waals surface area contributed by atoms with Crippen LogP contribution in [0.4, 0.5) is 5.69 Å². The van der Waals surface area contributed by atoms with Gasteiger partial charge in [-0.25, -0.2) is 13.1 Å². The van der Waals surface area contributed by atoms with E-state index < -0.39 is 14.9 Å². The van der Waals surface area contributed by atoms with Gasteiger partial charge in [-0.15, -0.1) is 0 Å². The number of nitrogens with zero attached hydrogens (tertiary/aromatic N) is 3. The van der Waals surface area contributed by atoms with Gasteiger partial charge in [-0.1, -0.05) is 41.1 Å². The van der Waals surface area contributed by atoms with Gasteiger partial charge in [0.25, 0.3) is 5.69 Å². The molecule has 1 aromatic heterocycles. The Balaban J connectivity index is 1.77. The number of nitrogens with one attached hydrogen (secondary N) is 1. The lowest BCUT2D eigenvalue weighted by Gasteiger charge is -2.07. The molecule has 0 amide bonds. The zero-order valence-corrected chi connectivity index (χ0v) is 15.4. The zero-order chi connectivity index (χ0) is 19.6. The lowest BCUT2D eigenvalue weighted by molar-refractivity contribution is -0.385. The molecule has 0 spiro atoms. The van der Waals surface area contributed by atoms with Crippen molar-refractivity contribution in [2.75, 3.05) is 0 Å². The molecule has 0 radical (unpaired) electrons. The maximum Gasteiger partial charge on any atom is 0.270 e. The predicted molar refractivity (Wildman–Crippen MR) is 96.3 cm³/mol. The molecule has 1 N–H and O–H groups in total. The van der Waals surface area contributed by atoms with Crippen molar-refractivity contribution >= 4 is 15.7 Å². The van der Waals surface area contributed by atoms with E-state index in [-0.39, 0.29) is 23.0 Å². The monoisotopic (exact) mass is 388 g/mol. The average Bonchev–Trinajstić information content (AvgIpc) is 3.10. The first kappa shape index (κ1) is 18.7. The molecule has 0 saturated heterocycles. The van der Waals surface area contributed by atoms with E-state index in [1.807, 2.05) is 31.2 Å². The van der Waals surface area contributed by atoms with Crippen molar-refractivity contribution in [3.05, 3.63) is 69.6 Å². The zero-order valence-electron chi connectivity index (χ0n) is 14.5. The Bertz CT molecular complexity index is 1090. The summed E-state index contributed by atoms with van der Waals surface area (Å²) in [6, 6.07) is 11.1. The van der Waals surface area contributed by atoms with E-state index in [9.17, 15) is 18.5 Å². The SMILES string of the molecule is Cc1ccc(-c2noc(CNS(=O)(=O)c3cc([N+](=O)[O-])ccc3C)n2)cc1. The lowest BCUT2D eigenvalue weighted by Crippen LogP contribution is -2.24. The van der Waals surface area contributed by atoms with Gasteiger partial charge in [0.15, 0.2) is 0 Å². The molecule has 10 heteroatoms. The van der Waals surface area contributed by atoms with Gasteiger partial charge in [-0.05, 0) is 19.4 Å². The number of aromatic nitrogens is 2. The highest BCUT2D eigenvalue weighted by atomic mass is 32.2. The molecule has 3 rings (SSSR count). The first-order valence-electron chi connectivity index (χ1n) is 7.90. The summed E-state index contributed by atoms with van der Waals surface area (Å²) < 4.78 is 32.4. The minimum Gasteiger partial charge on any atom is -0.338 e. The lowest BCUT2D eigenvalue weighted by atomic mass is 10.1. The summed E-state index contributed by atoms with van der Waals surface area (Å²) in [6.07, 6.45) is 0. The Labute approximate surface area is 155 Å². The Kier molecular flexibility index (Phi) is 5.02. The highest BCUT2D eigenvalue weighted by Gasteiger charge is 2.21. The molecule has 0 aliphatic carbocycles. The highest BCUT2D eigenvalue weighted by Crippen LogP contribution is 2.22. The smallest absolute Gasteiger partial charge is 0.270 e. The Hall–Kier alpha value is -3.11. The van der Waals surface area contributed by atoms with Crippen molar-refractivity contribution < 1.29 is 17.9 Å². The van der Waals surface area contributed by atoms with Crippen molar-refractivity contribution in [2.24, 2.45) is 0 Å². The van der Waals surface area contributed by atoms with Crippen LogP contribution in [0.2, 0.25) is 0 Å². The first-order chi connectivity index (χ1) is 12.8. The van der Waals surface area contributed by atoms with Gasteiger partial charge in [-0.3, -0.25) is 10.1 Å². The fourth-order valence-electron chi connectivity index (χ4n) is 2.37. The molecular weight excluding hydrogens is 372 g/mol. The maximum atomic E-state index is 12.5. The molecule has 140 valence electrons. The number of hydrogen-bond donors (Lipinski definition) is 1. The predicted octanol–water partition coefficient (Wildman–Crippen LogP) is 2.74. The highest BCUT2D eigenvalue weighted by molar-refractivity contribution is 7.89. The molecule has 27 heavy (non-hydrogen) atoms. The van der Waals surface area contributed by atoms with Gasteiger partial charge >= 0.3 is 0 Å². The van der Waals surface area contributed by atoms with E-state index in [4.69, 9.17) is 4.52 Å². The van der Waals surface area contributed by atoms with Gasteiger partial charge in [0.1, 0.15) is 0 Å². The molecule has 0 unspecified atom stereocenters. The van der Waals surface area contributed by atoms with E-state index in [1.165, 1.54) is 12.1 Å². The number of nitro benzene ring substituents is 1. The molecular formula is C17H16N4O5S. The molecule has 2 aromatic carbocycles. The summed E-state index contributed by atoms with van der Waals surface area (Å²) in [6.45, 7) is 3.28. The van der Waals surface area contributed by atoms with Crippen molar-refractivity contribution in [3.63, 3.8) is 0 Å². The van der Waals surface area contributed by atoms with Crippen LogP contribution < -0.4 is 4.72 Å². The largest absolute Gasteiger partial charge is 0.338 e. The Morgan fingerprint density at radius 2 is 1.85 bits per heavy atom. The summed E-state index contributed by atoms with van der Waals surface area (Å²) in [5.41, 5.74) is 1.91. The van der Waals surface area contributed by atoms with Gasteiger partial charge < -0.3 is 4.52 Å². The summed E-state index contributed by atoms with van der Waals surface area (Å²) in [5.74, 6) is 0.424. The normalized spacial score (nSPS) is 11.5. The van der Waals surface area contributed by atoms with E-state index in [1.54, 1.807) is 6.92 Å². The Morgan fingerprint density at radius 3 is 2.52 bits per heavy atom. The quantitative estimate of drug-likeness (QED) is 0.508. The van der Waals surface area contributed by atoms with E-state index in [0.29, 0.717) is 11.4 Å². The van der Waals surface area contributed by atoms with Crippen molar-refractivity contribution in [1.29, 1.82) is 0 Å². The first-order valence-corrected chi connectivity index (χ1v) is 9.39. The van der Waals surface area contributed by atoms with Crippen LogP contribution in [0, 0.1) is 24.0 Å². The van der Waals surface area contributed by atoms with Crippen LogP contribution in [0.15, 0.2) is 51.9 Å². The third-order valence-electron chi connectivity index (χ3n) is 3.86. The number of aryl methyl sites for hydroxylation is 2. The number of rotatable bonds is 6. The fourth-order valence-corrected chi connectivity index (χ4v) is 3.61. The summed E-state index contributed by atoms with van der Waals surface area (Å²) in [7, 11) is -3.99. The van der Waals surface area contributed by atoms with Gasteiger partial charge in [0.05, 0.1) is 16.4 Å². The number of sulfonamides is 1. The molecule has 9 nitrogen and oxygen atoms in total. The minimum atomic E-state index is -3.99. The topological polar surface area (TPSA) is 128 Å². The molecule has 0 fully saturated rings. The molecule has 3 aromatic rings. The van der Waals surface area contributed by atoms with E-state index >= 15 is 0 Å². The van der Waals surface area contributed by atoms with Crippen molar-refractivity contribution in [3.8, 4) is 11.4 Å². The van der Waals surface area contributed by atoms with Crippen LogP contribution in [0.1, 0.15) is 17.0 Å². The van der Waals surface area contributed by atoms with Crippen LogP contribution in [-0.2, 0) is 16.6 Å². The maximum absolute atomic E-state index is 12.5. The summed E-state index contributed by atoms with van der Waals surface area (Å²) in [4.78, 5) is 14.2. The van der Waals surface area contributed by atoms with E-state index in [2.05, 4.69) is 14.9 Å². The Morgan fingerprint density at radius 1 is 1.15 bits per heavy atom. The molecule has 0 aliphatic heterocycles. The molecule has 0 saturated carbocycles. The van der Waals surface area contributed by atoms with Crippen LogP contribution in [0.3, 0.4) is 0 Å². The van der Waals surface area contributed by atoms with Crippen molar-refractivity contribution in [2.45, 2.75) is 25.3 Å². The number of hydrogen-bond acceptors (Lipinski definition) is 7. The number of non-ortho nitro benzene ring substituents is 1. The minimum absolute atomic E-state index is 0.0808. The van der Waals surface area contributed by atoms with Crippen LogP contribution >= 0.6 is 0 Å². The fraction of sp³-hybridized carbons (Fsp3) is 0.176. The second-order valence-corrected chi connectivity index (χ2v) is 7.64. The van der Waals surface area contributed by atoms with Crippen LogP contribution in [-0.4, -0.2) is 23.5 Å². The molecule has 0 aliphatic rings. The van der Waals surface area contributed by atoms with Gasteiger partial charge in [0.2, 0.25) is 21.7 Å². The average molecular weight is 388 g/mol. The number of nitro groups is 1. The van der Waals surface area contributed by atoms with Crippen LogP contribution in [0.25, 0.3) is 11.4 Å². The van der Waals surface area contributed by atoms with Gasteiger partial charge in [0, 0.05) is 17.7 Å². The summed E-state index contributed by atoms with van der Waals surface area (Å²) >= 11 is 0. The van der Waals surface area contributed by atoms with Crippen molar-refractivity contribution in [1.82, 2.24) is 14.9 Å². The molecule has 0 bridgehead atoms. The third-order valence-corrected chi connectivity index (χ3v) is 5.41. The standard InChI is InChI=1S/C17H16N4O5S/c1-11-3-6-13(7-4-11)17-19-16(26-20-17)10-18-27(24,25)15-9-14(21(22)23)8-5-12(15)2/h3-9,18H,10H2,1-2H3. The second kappa shape index (κ2) is 7.25. The summed E-state index contributed by atoms with van der Waals surface area (Å²) in [5, 5.41) is 14.7. The molecule has 0 atom stereocenters. The van der Waals surface area contributed by atoms with Crippen LogP contribution in [0.5, 0.6) is 0 Å². The number of benzene rings is 2.